The van der Waals surface area contributed by atoms with E-state index in [9.17, 15) is 4.79 Å². The van der Waals surface area contributed by atoms with Gasteiger partial charge in [-0.15, -0.1) is 0 Å². The van der Waals surface area contributed by atoms with E-state index in [1.165, 1.54) is 16.7 Å². The Bertz CT molecular complexity index is 696. The number of benzene rings is 2. The fraction of sp³-hybridized carbons (Fsp3) is 0.350. The summed E-state index contributed by atoms with van der Waals surface area (Å²) in [7, 11) is 2.11. The van der Waals surface area contributed by atoms with Crippen molar-refractivity contribution >= 4 is 11.6 Å². The van der Waals surface area contributed by atoms with Crippen LogP contribution in [0.4, 0.5) is 5.69 Å². The van der Waals surface area contributed by atoms with E-state index in [0.29, 0.717) is 6.42 Å². The van der Waals surface area contributed by atoms with Crippen LogP contribution < -0.4 is 5.32 Å². The van der Waals surface area contributed by atoms with Gasteiger partial charge in [0.25, 0.3) is 0 Å². The van der Waals surface area contributed by atoms with Crippen LogP contribution in [0.3, 0.4) is 0 Å². The van der Waals surface area contributed by atoms with Crippen molar-refractivity contribution in [3.63, 3.8) is 0 Å². The summed E-state index contributed by atoms with van der Waals surface area (Å²) < 4.78 is 0. The van der Waals surface area contributed by atoms with Crippen molar-refractivity contribution < 1.29 is 4.79 Å². The van der Waals surface area contributed by atoms with Crippen molar-refractivity contribution in [3.05, 3.63) is 65.2 Å². The number of rotatable bonds is 4. The van der Waals surface area contributed by atoms with Crippen LogP contribution in [-0.2, 0) is 17.6 Å². The maximum absolute atomic E-state index is 12.6. The van der Waals surface area contributed by atoms with Gasteiger partial charge in [-0.25, -0.2) is 0 Å². The molecule has 1 aliphatic rings. The molecule has 3 nitrogen and oxygen atoms in total. The summed E-state index contributed by atoms with van der Waals surface area (Å²) in [6, 6.07) is 16.7. The number of fused-ring (bicyclic) bond motifs is 1. The molecule has 0 aliphatic carbocycles. The molecule has 0 radical (unpaired) electrons. The Morgan fingerprint density at radius 3 is 2.74 bits per heavy atom. The molecule has 1 heterocycles. The smallest absolute Gasteiger partial charge is 0.226 e. The highest BCUT2D eigenvalue weighted by molar-refractivity contribution is 5.92. The molecule has 23 heavy (non-hydrogen) atoms. The van der Waals surface area contributed by atoms with Crippen LogP contribution in [0.5, 0.6) is 0 Å². The molecular weight excluding hydrogens is 284 g/mol. The molecule has 0 saturated carbocycles. The maximum Gasteiger partial charge on any atom is 0.226 e. The Morgan fingerprint density at radius 1 is 1.17 bits per heavy atom. The summed E-state index contributed by atoms with van der Waals surface area (Å²) in [4.78, 5) is 14.9. The third kappa shape index (κ3) is 3.45. The average molecular weight is 308 g/mol. The highest BCUT2D eigenvalue weighted by Gasteiger charge is 2.26. The topological polar surface area (TPSA) is 32.3 Å². The van der Waals surface area contributed by atoms with E-state index in [1.807, 2.05) is 18.2 Å². The quantitative estimate of drug-likeness (QED) is 0.931. The minimum absolute atomic E-state index is 0.0828. The second kappa shape index (κ2) is 6.97. The third-order valence-corrected chi connectivity index (χ3v) is 4.73. The molecule has 1 aliphatic heterocycles. The second-order valence-electron chi connectivity index (χ2n) is 6.21. The van der Waals surface area contributed by atoms with Crippen molar-refractivity contribution in [3.8, 4) is 0 Å². The molecule has 0 bridgehead atoms. The third-order valence-electron chi connectivity index (χ3n) is 4.73. The SMILES string of the molecule is CCc1ccccc1NC(=O)CC1c2ccccc2CCN1C. The fourth-order valence-corrected chi connectivity index (χ4v) is 3.37. The van der Waals surface area contributed by atoms with E-state index in [0.717, 1.165) is 25.1 Å². The molecule has 3 heteroatoms. The molecule has 2 aromatic carbocycles. The highest BCUT2D eigenvalue weighted by atomic mass is 16.1. The molecule has 0 saturated heterocycles. The van der Waals surface area contributed by atoms with Crippen LogP contribution in [0.15, 0.2) is 48.5 Å². The zero-order valence-electron chi connectivity index (χ0n) is 13.9. The van der Waals surface area contributed by atoms with E-state index in [2.05, 4.69) is 54.5 Å². The van der Waals surface area contributed by atoms with Gasteiger partial charge in [-0.05, 0) is 42.6 Å². The number of likely N-dealkylation sites (N-methyl/N-ethyl adjacent to an activating group) is 1. The molecule has 3 rings (SSSR count). The molecule has 2 aromatic rings. The standard InChI is InChI=1S/C20H24N2O/c1-3-15-8-5-7-11-18(15)21-20(23)14-19-17-10-6-4-9-16(17)12-13-22(19)2/h4-11,19H,3,12-14H2,1-2H3,(H,21,23). The predicted molar refractivity (Wildman–Crippen MR) is 94.6 cm³/mol. The van der Waals surface area contributed by atoms with Gasteiger partial charge in [0, 0.05) is 24.7 Å². The van der Waals surface area contributed by atoms with Gasteiger partial charge in [0.2, 0.25) is 5.91 Å². The Balaban J connectivity index is 1.75. The van der Waals surface area contributed by atoms with Crippen LogP contribution in [0.2, 0.25) is 0 Å². The zero-order valence-corrected chi connectivity index (χ0v) is 13.9. The van der Waals surface area contributed by atoms with Gasteiger partial charge < -0.3 is 5.32 Å². The Morgan fingerprint density at radius 2 is 1.91 bits per heavy atom. The van der Waals surface area contributed by atoms with Gasteiger partial charge in [0.15, 0.2) is 0 Å². The molecule has 120 valence electrons. The zero-order chi connectivity index (χ0) is 16.2. The lowest BCUT2D eigenvalue weighted by Gasteiger charge is -2.34. The number of nitrogens with zero attached hydrogens (tertiary/aromatic N) is 1. The number of carbonyl (C=O) groups is 1. The molecule has 0 spiro atoms. The van der Waals surface area contributed by atoms with Crippen LogP contribution in [0, 0.1) is 0 Å². The van der Waals surface area contributed by atoms with Gasteiger partial charge in [0.05, 0.1) is 0 Å². The summed E-state index contributed by atoms with van der Waals surface area (Å²) in [5.41, 5.74) is 4.78. The number of hydrogen-bond donors (Lipinski definition) is 1. The number of hydrogen-bond acceptors (Lipinski definition) is 2. The Labute approximate surface area is 138 Å². The number of amides is 1. The first-order valence-corrected chi connectivity index (χ1v) is 8.35. The van der Waals surface area contributed by atoms with E-state index in [1.54, 1.807) is 0 Å². The average Bonchev–Trinajstić information content (AvgIpc) is 2.58. The number of nitrogens with one attached hydrogen (secondary N) is 1. The van der Waals surface area contributed by atoms with Gasteiger partial charge in [-0.3, -0.25) is 9.69 Å². The van der Waals surface area contributed by atoms with E-state index < -0.39 is 0 Å². The van der Waals surface area contributed by atoms with Gasteiger partial charge in [0.1, 0.15) is 0 Å². The Hall–Kier alpha value is -2.13. The summed E-state index contributed by atoms with van der Waals surface area (Å²) in [6.45, 7) is 3.11. The van der Waals surface area contributed by atoms with Crippen molar-refractivity contribution in [2.75, 3.05) is 18.9 Å². The lowest BCUT2D eigenvalue weighted by molar-refractivity contribution is -0.117. The van der Waals surface area contributed by atoms with Crippen molar-refractivity contribution in [1.29, 1.82) is 0 Å². The number of carbonyl (C=O) groups excluding carboxylic acids is 1. The molecule has 1 atom stereocenters. The summed E-state index contributed by atoms with van der Waals surface area (Å²) in [5, 5.41) is 3.09. The summed E-state index contributed by atoms with van der Waals surface area (Å²) in [5.74, 6) is 0.0828. The fourth-order valence-electron chi connectivity index (χ4n) is 3.37. The first-order chi connectivity index (χ1) is 11.2. The van der Waals surface area contributed by atoms with Gasteiger partial charge in [-0.2, -0.15) is 0 Å². The van der Waals surface area contributed by atoms with Crippen LogP contribution in [-0.4, -0.2) is 24.4 Å². The molecular formula is C20H24N2O. The first kappa shape index (κ1) is 15.8. The minimum atomic E-state index is 0.0828. The molecule has 0 aromatic heterocycles. The molecule has 1 amide bonds. The predicted octanol–water partition coefficient (Wildman–Crippen LogP) is 3.81. The maximum atomic E-state index is 12.6. The lowest BCUT2D eigenvalue weighted by atomic mass is 9.91. The van der Waals surface area contributed by atoms with Gasteiger partial charge >= 0.3 is 0 Å². The van der Waals surface area contributed by atoms with Crippen molar-refractivity contribution in [1.82, 2.24) is 4.90 Å². The largest absolute Gasteiger partial charge is 0.326 e. The molecule has 0 fully saturated rings. The summed E-state index contributed by atoms with van der Waals surface area (Å²) >= 11 is 0. The van der Waals surface area contributed by atoms with Gasteiger partial charge in [-0.1, -0.05) is 49.4 Å². The summed E-state index contributed by atoms with van der Waals surface area (Å²) in [6.07, 6.45) is 2.47. The van der Waals surface area contributed by atoms with E-state index >= 15 is 0 Å². The number of aryl methyl sites for hydroxylation is 1. The monoisotopic (exact) mass is 308 g/mol. The second-order valence-corrected chi connectivity index (χ2v) is 6.21. The van der Waals surface area contributed by atoms with Crippen molar-refractivity contribution in [2.24, 2.45) is 0 Å². The number of para-hydroxylation sites is 1. The first-order valence-electron chi connectivity index (χ1n) is 8.35. The number of anilines is 1. The van der Waals surface area contributed by atoms with Crippen LogP contribution in [0.25, 0.3) is 0 Å². The van der Waals surface area contributed by atoms with E-state index in [-0.39, 0.29) is 11.9 Å². The molecule has 1 unspecified atom stereocenters. The van der Waals surface area contributed by atoms with Crippen molar-refractivity contribution in [2.45, 2.75) is 32.2 Å². The van der Waals surface area contributed by atoms with Crippen LogP contribution >= 0.6 is 0 Å². The van der Waals surface area contributed by atoms with Crippen LogP contribution in [0.1, 0.15) is 36.1 Å². The van der Waals surface area contributed by atoms with E-state index in [4.69, 9.17) is 0 Å². The Kier molecular flexibility index (Phi) is 4.77. The highest BCUT2D eigenvalue weighted by Crippen LogP contribution is 2.31. The lowest BCUT2D eigenvalue weighted by Crippen LogP contribution is -2.34. The minimum Gasteiger partial charge on any atom is -0.326 e. The molecule has 1 N–H and O–H groups in total. The normalized spacial score (nSPS) is 17.6.